The van der Waals surface area contributed by atoms with Crippen LogP contribution >= 0.6 is 0 Å². The van der Waals surface area contributed by atoms with Crippen molar-refractivity contribution in [1.82, 2.24) is 14.8 Å². The van der Waals surface area contributed by atoms with Crippen LogP contribution in [0.2, 0.25) is 0 Å². The summed E-state index contributed by atoms with van der Waals surface area (Å²) in [4.78, 5) is 29.8. The Morgan fingerprint density at radius 1 is 1.29 bits per heavy atom. The lowest BCUT2D eigenvalue weighted by molar-refractivity contribution is -0.137. The number of amides is 2. The number of carbonyl (C=O) groups is 2. The second-order valence-corrected chi connectivity index (χ2v) is 4.62. The van der Waals surface area contributed by atoms with Crippen molar-refractivity contribution in [2.75, 3.05) is 40.4 Å². The van der Waals surface area contributed by atoms with E-state index in [1.807, 2.05) is 12.1 Å². The van der Waals surface area contributed by atoms with Gasteiger partial charge in [0, 0.05) is 39.6 Å². The average Bonchev–Trinajstić information content (AvgIpc) is 2.49. The van der Waals surface area contributed by atoms with Gasteiger partial charge in [0.2, 0.25) is 0 Å². The molecule has 1 heterocycles. The highest BCUT2D eigenvalue weighted by molar-refractivity contribution is 5.80. The largest absolute Gasteiger partial charge is 0.480 e. The first kappa shape index (κ1) is 16.9. The van der Waals surface area contributed by atoms with E-state index < -0.39 is 5.97 Å². The number of methoxy groups -OCH3 is 1. The molecule has 0 unspecified atom stereocenters. The summed E-state index contributed by atoms with van der Waals surface area (Å²) in [5.41, 5.74) is 1.08. The van der Waals surface area contributed by atoms with Crippen molar-refractivity contribution in [3.63, 3.8) is 0 Å². The molecule has 1 aromatic heterocycles. The number of carbonyl (C=O) groups excluding carboxylic acids is 1. The van der Waals surface area contributed by atoms with Gasteiger partial charge in [-0.2, -0.15) is 0 Å². The van der Waals surface area contributed by atoms with Crippen LogP contribution < -0.4 is 0 Å². The quantitative estimate of drug-likeness (QED) is 0.763. The van der Waals surface area contributed by atoms with Crippen LogP contribution in [0.4, 0.5) is 4.79 Å². The van der Waals surface area contributed by atoms with Gasteiger partial charge in [-0.15, -0.1) is 0 Å². The van der Waals surface area contributed by atoms with Gasteiger partial charge in [0.1, 0.15) is 6.54 Å². The van der Waals surface area contributed by atoms with Crippen molar-refractivity contribution < 1.29 is 19.4 Å². The molecule has 21 heavy (non-hydrogen) atoms. The summed E-state index contributed by atoms with van der Waals surface area (Å²) in [6, 6.07) is 3.46. The fraction of sp³-hybridized carbons (Fsp3) is 0.500. The summed E-state index contributed by atoms with van der Waals surface area (Å²) in [5.74, 6) is -1.04. The van der Waals surface area contributed by atoms with Gasteiger partial charge in [-0.05, 0) is 24.1 Å². The molecule has 0 aliphatic heterocycles. The Morgan fingerprint density at radius 3 is 2.52 bits per heavy atom. The van der Waals surface area contributed by atoms with Crippen LogP contribution in [-0.4, -0.2) is 72.3 Å². The summed E-state index contributed by atoms with van der Waals surface area (Å²) in [5, 5.41) is 8.86. The van der Waals surface area contributed by atoms with Crippen molar-refractivity contribution in [1.29, 1.82) is 0 Å². The van der Waals surface area contributed by atoms with E-state index in [4.69, 9.17) is 9.84 Å². The van der Waals surface area contributed by atoms with Crippen LogP contribution in [0.15, 0.2) is 24.5 Å². The van der Waals surface area contributed by atoms with E-state index in [1.54, 1.807) is 19.4 Å². The first-order valence-corrected chi connectivity index (χ1v) is 6.64. The predicted octanol–water partition coefficient (Wildman–Crippen LogP) is 0.709. The zero-order chi connectivity index (χ0) is 15.7. The van der Waals surface area contributed by atoms with E-state index >= 15 is 0 Å². The SMILES string of the molecule is COCCN(CC(=O)O)C(=O)N(C)CCc1ccncc1. The van der Waals surface area contributed by atoms with Crippen LogP contribution in [0.25, 0.3) is 0 Å². The molecule has 0 aliphatic carbocycles. The average molecular weight is 295 g/mol. The van der Waals surface area contributed by atoms with Crippen molar-refractivity contribution >= 4 is 12.0 Å². The minimum Gasteiger partial charge on any atom is -0.480 e. The number of pyridine rings is 1. The van der Waals surface area contributed by atoms with E-state index in [9.17, 15) is 9.59 Å². The number of nitrogens with zero attached hydrogens (tertiary/aromatic N) is 3. The number of aliphatic carboxylic acids is 1. The predicted molar refractivity (Wildman–Crippen MR) is 77.1 cm³/mol. The fourth-order valence-electron chi connectivity index (χ4n) is 1.79. The highest BCUT2D eigenvalue weighted by Crippen LogP contribution is 2.02. The zero-order valence-electron chi connectivity index (χ0n) is 12.4. The molecule has 1 N–H and O–H groups in total. The number of rotatable bonds is 8. The van der Waals surface area contributed by atoms with E-state index in [-0.39, 0.29) is 19.1 Å². The van der Waals surface area contributed by atoms with E-state index in [0.717, 1.165) is 5.56 Å². The molecule has 7 nitrogen and oxygen atoms in total. The van der Waals surface area contributed by atoms with E-state index in [2.05, 4.69) is 4.98 Å². The molecule has 7 heteroatoms. The van der Waals surface area contributed by atoms with Crippen LogP contribution in [0.3, 0.4) is 0 Å². The highest BCUT2D eigenvalue weighted by Gasteiger charge is 2.19. The van der Waals surface area contributed by atoms with Gasteiger partial charge in [-0.1, -0.05) is 0 Å². The molecule has 0 atom stereocenters. The maximum Gasteiger partial charge on any atom is 0.323 e. The van der Waals surface area contributed by atoms with Gasteiger partial charge in [0.15, 0.2) is 0 Å². The summed E-state index contributed by atoms with van der Waals surface area (Å²) < 4.78 is 4.90. The van der Waals surface area contributed by atoms with Gasteiger partial charge < -0.3 is 19.6 Å². The highest BCUT2D eigenvalue weighted by atomic mass is 16.5. The van der Waals surface area contributed by atoms with Gasteiger partial charge in [0.25, 0.3) is 0 Å². The number of ether oxygens (including phenoxy) is 1. The molecule has 0 fully saturated rings. The fourth-order valence-corrected chi connectivity index (χ4v) is 1.79. The number of carboxylic acid groups (broad SMARTS) is 1. The van der Waals surface area contributed by atoms with Crippen molar-refractivity contribution in [3.8, 4) is 0 Å². The minimum absolute atomic E-state index is 0.251. The van der Waals surface area contributed by atoms with Gasteiger partial charge in [-0.3, -0.25) is 9.78 Å². The first-order chi connectivity index (χ1) is 10.0. The number of hydrogen-bond acceptors (Lipinski definition) is 4. The molecule has 1 aromatic rings. The standard InChI is InChI=1S/C14H21N3O4/c1-16(8-5-12-3-6-15-7-4-12)14(20)17(9-10-21-2)11-13(18)19/h3-4,6-7H,5,8-11H2,1-2H3,(H,18,19). The Kier molecular flexibility index (Phi) is 7.17. The van der Waals surface area contributed by atoms with Crippen LogP contribution in [0.1, 0.15) is 5.56 Å². The van der Waals surface area contributed by atoms with Crippen LogP contribution in [0, 0.1) is 0 Å². The summed E-state index contributed by atoms with van der Waals surface area (Å²) in [7, 11) is 3.17. The Balaban J connectivity index is 2.54. The Morgan fingerprint density at radius 2 is 1.95 bits per heavy atom. The van der Waals surface area contributed by atoms with E-state index in [1.165, 1.54) is 16.9 Å². The molecular weight excluding hydrogens is 274 g/mol. The topological polar surface area (TPSA) is 83.0 Å². The minimum atomic E-state index is -1.04. The van der Waals surface area contributed by atoms with Crippen LogP contribution in [-0.2, 0) is 16.0 Å². The molecule has 0 aromatic carbocycles. The molecule has 0 bridgehead atoms. The Hall–Kier alpha value is -2.15. The molecule has 0 spiro atoms. The summed E-state index contributed by atoms with van der Waals surface area (Å²) in [6.45, 7) is 0.728. The van der Waals surface area contributed by atoms with Crippen LogP contribution in [0.5, 0.6) is 0 Å². The number of aromatic nitrogens is 1. The van der Waals surface area contributed by atoms with Gasteiger partial charge in [-0.25, -0.2) is 4.79 Å². The normalized spacial score (nSPS) is 10.2. The molecular formula is C14H21N3O4. The Bertz CT molecular complexity index is 453. The lowest BCUT2D eigenvalue weighted by Gasteiger charge is -2.26. The molecule has 2 amide bonds. The smallest absolute Gasteiger partial charge is 0.323 e. The second kappa shape index (κ2) is 8.91. The van der Waals surface area contributed by atoms with Crippen molar-refractivity contribution in [2.45, 2.75) is 6.42 Å². The molecule has 1 rings (SSSR count). The third-order valence-electron chi connectivity index (χ3n) is 2.97. The lowest BCUT2D eigenvalue weighted by atomic mass is 10.2. The maximum atomic E-state index is 12.2. The third kappa shape index (κ3) is 6.22. The monoisotopic (exact) mass is 295 g/mol. The summed E-state index contributed by atoms with van der Waals surface area (Å²) >= 11 is 0. The van der Waals surface area contributed by atoms with E-state index in [0.29, 0.717) is 19.6 Å². The maximum absolute atomic E-state index is 12.2. The lowest BCUT2D eigenvalue weighted by Crippen LogP contribution is -2.45. The second-order valence-electron chi connectivity index (χ2n) is 4.62. The molecule has 116 valence electrons. The summed E-state index contributed by atoms with van der Waals surface area (Å²) in [6.07, 6.45) is 4.09. The number of hydrogen-bond donors (Lipinski definition) is 1. The molecule has 0 aliphatic rings. The number of urea groups is 1. The zero-order valence-corrected chi connectivity index (χ0v) is 12.4. The number of carboxylic acids is 1. The van der Waals surface area contributed by atoms with Crippen molar-refractivity contribution in [3.05, 3.63) is 30.1 Å². The van der Waals surface area contributed by atoms with Gasteiger partial charge in [0.05, 0.1) is 6.61 Å². The van der Waals surface area contributed by atoms with Gasteiger partial charge >= 0.3 is 12.0 Å². The molecule has 0 radical (unpaired) electrons. The van der Waals surface area contributed by atoms with Crippen molar-refractivity contribution in [2.24, 2.45) is 0 Å². The number of likely N-dealkylation sites (N-methyl/N-ethyl adjacent to an activating group) is 1. The molecule has 0 saturated heterocycles. The third-order valence-corrected chi connectivity index (χ3v) is 2.97. The molecule has 0 saturated carbocycles. The Labute approximate surface area is 124 Å². The first-order valence-electron chi connectivity index (χ1n) is 6.64.